The van der Waals surface area contributed by atoms with Gasteiger partial charge in [-0.2, -0.15) is 5.10 Å². The highest BCUT2D eigenvalue weighted by Gasteiger charge is 2.05. The third-order valence-electron chi connectivity index (χ3n) is 3.78. The maximum absolute atomic E-state index is 11.7. The van der Waals surface area contributed by atoms with Gasteiger partial charge in [0.2, 0.25) is 5.91 Å². The summed E-state index contributed by atoms with van der Waals surface area (Å²) in [6.07, 6.45) is 1.81. The Kier molecular flexibility index (Phi) is 10.4. The minimum absolute atomic E-state index is 0.0249. The number of nitrogens with one attached hydrogen (secondary N) is 2. The average molecular weight is 367 g/mol. The number of ether oxygens (including phenoxy) is 1. The van der Waals surface area contributed by atoms with E-state index in [9.17, 15) is 4.79 Å². The molecule has 0 atom stereocenters. The first-order chi connectivity index (χ1) is 12.4. The van der Waals surface area contributed by atoms with E-state index in [2.05, 4.69) is 33.7 Å². The van der Waals surface area contributed by atoms with E-state index in [0.717, 1.165) is 44.8 Å². The summed E-state index contributed by atoms with van der Waals surface area (Å²) in [6, 6.07) is 2.08. The molecule has 8 nitrogen and oxygen atoms in total. The first-order valence-corrected chi connectivity index (χ1v) is 9.25. The Morgan fingerprint density at radius 3 is 2.54 bits per heavy atom. The zero-order valence-corrected chi connectivity index (χ0v) is 16.8. The molecule has 0 aliphatic carbocycles. The van der Waals surface area contributed by atoms with Crippen molar-refractivity contribution in [3.63, 3.8) is 0 Å². The smallest absolute Gasteiger partial charge is 0.243 e. The molecule has 1 heterocycles. The number of aromatic nitrogens is 2. The predicted molar refractivity (Wildman–Crippen MR) is 104 cm³/mol. The molecule has 0 unspecified atom stereocenters. The van der Waals surface area contributed by atoms with Crippen molar-refractivity contribution in [1.82, 2.24) is 25.3 Å². The van der Waals surface area contributed by atoms with Crippen molar-refractivity contribution in [1.29, 1.82) is 0 Å². The Bertz CT molecular complexity index is 568. The van der Waals surface area contributed by atoms with Gasteiger partial charge in [-0.3, -0.25) is 9.48 Å². The van der Waals surface area contributed by atoms with Gasteiger partial charge in [0, 0.05) is 52.6 Å². The number of amides is 1. The summed E-state index contributed by atoms with van der Waals surface area (Å²) in [5.41, 5.74) is 2.21. The molecule has 1 aromatic rings. The van der Waals surface area contributed by atoms with Crippen molar-refractivity contribution in [2.45, 2.75) is 40.2 Å². The summed E-state index contributed by atoms with van der Waals surface area (Å²) >= 11 is 0. The molecule has 1 aromatic heterocycles. The largest absolute Gasteiger partial charge is 0.382 e. The van der Waals surface area contributed by atoms with Gasteiger partial charge < -0.3 is 20.3 Å². The summed E-state index contributed by atoms with van der Waals surface area (Å²) in [7, 11) is 3.46. The Morgan fingerprint density at radius 1 is 1.27 bits per heavy atom. The lowest BCUT2D eigenvalue weighted by Crippen LogP contribution is -2.40. The lowest BCUT2D eigenvalue weighted by Gasteiger charge is -2.14. The van der Waals surface area contributed by atoms with Gasteiger partial charge in [0.15, 0.2) is 5.96 Å². The van der Waals surface area contributed by atoms with E-state index >= 15 is 0 Å². The minimum Gasteiger partial charge on any atom is -0.382 e. The molecule has 0 aliphatic heterocycles. The van der Waals surface area contributed by atoms with Gasteiger partial charge in [-0.05, 0) is 39.7 Å². The second kappa shape index (κ2) is 12.3. The zero-order chi connectivity index (χ0) is 19.4. The summed E-state index contributed by atoms with van der Waals surface area (Å²) in [6.45, 7) is 9.97. The van der Waals surface area contributed by atoms with Gasteiger partial charge >= 0.3 is 0 Å². The van der Waals surface area contributed by atoms with E-state index < -0.39 is 0 Å². The van der Waals surface area contributed by atoms with Crippen LogP contribution in [-0.4, -0.2) is 73.5 Å². The van der Waals surface area contributed by atoms with Crippen LogP contribution in [0.4, 0.5) is 0 Å². The minimum atomic E-state index is -0.0249. The van der Waals surface area contributed by atoms with Crippen LogP contribution in [-0.2, 0) is 16.1 Å². The van der Waals surface area contributed by atoms with Crippen LogP contribution in [0.2, 0.25) is 0 Å². The molecular weight excluding hydrogens is 332 g/mol. The number of guanidine groups is 1. The molecule has 0 bridgehead atoms. The fraction of sp³-hybridized carbons (Fsp3) is 0.722. The van der Waals surface area contributed by atoms with Crippen LogP contribution in [0.25, 0.3) is 0 Å². The van der Waals surface area contributed by atoms with Crippen molar-refractivity contribution >= 4 is 11.9 Å². The van der Waals surface area contributed by atoms with Crippen molar-refractivity contribution in [3.05, 3.63) is 17.5 Å². The molecule has 8 heteroatoms. The van der Waals surface area contributed by atoms with Gasteiger partial charge in [0.25, 0.3) is 0 Å². The van der Waals surface area contributed by atoms with E-state index in [1.54, 1.807) is 19.0 Å². The van der Waals surface area contributed by atoms with Gasteiger partial charge in [0.1, 0.15) is 6.54 Å². The summed E-state index contributed by atoms with van der Waals surface area (Å²) in [5.74, 6) is 0.633. The molecule has 0 radical (unpaired) electrons. The zero-order valence-electron chi connectivity index (χ0n) is 16.8. The molecule has 26 heavy (non-hydrogen) atoms. The van der Waals surface area contributed by atoms with E-state index in [0.29, 0.717) is 12.6 Å². The molecule has 2 N–H and O–H groups in total. The van der Waals surface area contributed by atoms with Crippen molar-refractivity contribution < 1.29 is 9.53 Å². The Labute approximate surface area is 157 Å². The highest BCUT2D eigenvalue weighted by atomic mass is 16.5. The number of aryl methyl sites for hydroxylation is 3. The molecule has 0 aromatic carbocycles. The first-order valence-electron chi connectivity index (χ1n) is 9.25. The molecule has 1 rings (SSSR count). The van der Waals surface area contributed by atoms with E-state index in [-0.39, 0.29) is 12.5 Å². The van der Waals surface area contributed by atoms with Gasteiger partial charge in [-0.25, -0.2) is 4.99 Å². The van der Waals surface area contributed by atoms with Crippen LogP contribution < -0.4 is 10.6 Å². The molecule has 148 valence electrons. The number of carbonyl (C=O) groups excluding carboxylic acids is 1. The average Bonchev–Trinajstić information content (AvgIpc) is 2.92. The van der Waals surface area contributed by atoms with E-state index in [4.69, 9.17) is 4.74 Å². The molecule has 0 saturated heterocycles. The quantitative estimate of drug-likeness (QED) is 0.346. The van der Waals surface area contributed by atoms with Gasteiger partial charge in [-0.1, -0.05) is 0 Å². The van der Waals surface area contributed by atoms with E-state index in [1.165, 1.54) is 5.69 Å². The summed E-state index contributed by atoms with van der Waals surface area (Å²) in [5, 5.41) is 11.0. The number of hydrogen-bond donors (Lipinski definition) is 2. The SMILES string of the molecule is CCOCCCNC(=NCC(=O)N(C)C)NCCCn1nc(C)cc1C. The van der Waals surface area contributed by atoms with Crippen molar-refractivity contribution in [3.8, 4) is 0 Å². The number of hydrogen-bond acceptors (Lipinski definition) is 4. The van der Waals surface area contributed by atoms with Crippen LogP contribution in [0.5, 0.6) is 0 Å². The molecular formula is C18H34N6O2. The Morgan fingerprint density at radius 2 is 1.96 bits per heavy atom. The fourth-order valence-corrected chi connectivity index (χ4v) is 2.32. The summed E-state index contributed by atoms with van der Waals surface area (Å²) < 4.78 is 7.35. The third kappa shape index (κ3) is 8.84. The molecule has 1 amide bonds. The topological polar surface area (TPSA) is 83.8 Å². The van der Waals surface area contributed by atoms with Gasteiger partial charge in [0.05, 0.1) is 5.69 Å². The fourth-order valence-electron chi connectivity index (χ4n) is 2.32. The first kappa shape index (κ1) is 22.0. The van der Waals surface area contributed by atoms with Crippen LogP contribution in [0, 0.1) is 13.8 Å². The monoisotopic (exact) mass is 366 g/mol. The Hall–Kier alpha value is -2.09. The number of carbonyl (C=O) groups is 1. The van der Waals surface area contributed by atoms with E-state index in [1.807, 2.05) is 18.5 Å². The van der Waals surface area contributed by atoms with Crippen LogP contribution >= 0.6 is 0 Å². The maximum atomic E-state index is 11.7. The van der Waals surface area contributed by atoms with Crippen LogP contribution in [0.3, 0.4) is 0 Å². The highest BCUT2D eigenvalue weighted by Crippen LogP contribution is 2.02. The van der Waals surface area contributed by atoms with Crippen LogP contribution in [0.15, 0.2) is 11.1 Å². The molecule has 0 saturated carbocycles. The third-order valence-corrected chi connectivity index (χ3v) is 3.78. The molecule has 0 aliphatic rings. The second-order valence-corrected chi connectivity index (χ2v) is 6.36. The second-order valence-electron chi connectivity index (χ2n) is 6.36. The summed E-state index contributed by atoms with van der Waals surface area (Å²) in [4.78, 5) is 17.7. The number of nitrogens with zero attached hydrogens (tertiary/aromatic N) is 4. The normalized spacial score (nSPS) is 11.5. The molecule has 0 fully saturated rings. The number of rotatable bonds is 11. The number of aliphatic imine (C=N–C) groups is 1. The maximum Gasteiger partial charge on any atom is 0.243 e. The molecule has 0 spiro atoms. The van der Waals surface area contributed by atoms with Crippen LogP contribution in [0.1, 0.15) is 31.2 Å². The van der Waals surface area contributed by atoms with Crippen molar-refractivity contribution in [2.24, 2.45) is 4.99 Å². The number of likely N-dealkylation sites (N-methyl/N-ethyl adjacent to an activating group) is 1. The van der Waals surface area contributed by atoms with Crippen molar-refractivity contribution in [2.75, 3.05) is 46.9 Å². The predicted octanol–water partition coefficient (Wildman–Crippen LogP) is 0.940. The Balaban J connectivity index is 2.42. The lowest BCUT2D eigenvalue weighted by atomic mass is 10.4. The highest BCUT2D eigenvalue weighted by molar-refractivity contribution is 5.84. The lowest BCUT2D eigenvalue weighted by molar-refractivity contribution is -0.127. The standard InChI is InChI=1S/C18H34N6O2/c1-6-26-12-8-10-20-18(21-14-17(25)23(4)5)19-9-7-11-24-16(3)13-15(2)22-24/h13H,6-12,14H2,1-5H3,(H2,19,20,21). The van der Waals surface area contributed by atoms with Gasteiger partial charge in [-0.15, -0.1) is 0 Å².